The van der Waals surface area contributed by atoms with Crippen molar-refractivity contribution in [1.29, 1.82) is 0 Å². The quantitative estimate of drug-likeness (QED) is 0.714. The van der Waals surface area contributed by atoms with E-state index < -0.39 is 0 Å². The Labute approximate surface area is 147 Å². The van der Waals surface area contributed by atoms with E-state index in [2.05, 4.69) is 29.0 Å². The van der Waals surface area contributed by atoms with Gasteiger partial charge in [0.05, 0.1) is 13.2 Å². The molecule has 3 rings (SSSR count). The Bertz CT molecular complexity index is 211. The molecule has 2 aliphatic heterocycles. The van der Waals surface area contributed by atoms with Crippen LogP contribution in [0.4, 0.5) is 0 Å². The molecule has 4 nitrogen and oxygen atoms in total. The zero-order chi connectivity index (χ0) is 14.0. The summed E-state index contributed by atoms with van der Waals surface area (Å²) in [6, 6.07) is 5.72. The van der Waals surface area contributed by atoms with Gasteiger partial charge in [0.15, 0.2) is 0 Å². The van der Waals surface area contributed by atoms with E-state index in [0.717, 1.165) is 39.5 Å². The monoisotopic (exact) mass is 317 g/mol. The van der Waals surface area contributed by atoms with Gasteiger partial charge < -0.3 is 14.8 Å². The molecule has 1 N–H and O–H groups in total. The molecule has 2 saturated heterocycles. The number of hydrogen-bond acceptors (Lipinski definition) is 4. The molecule has 3 heterocycles. The van der Waals surface area contributed by atoms with Gasteiger partial charge in [0.1, 0.15) is 0 Å². The molecular weight excluding hydrogens is 295 g/mol. The third-order valence-electron chi connectivity index (χ3n) is 2.24. The van der Waals surface area contributed by atoms with Crippen LogP contribution in [0.15, 0.2) is 30.6 Å². The second-order valence-corrected chi connectivity index (χ2v) is 3.71. The zero-order valence-electron chi connectivity index (χ0n) is 13.0. The fourth-order valence-corrected chi connectivity index (χ4v) is 1.34. The van der Waals surface area contributed by atoms with Crippen LogP contribution in [0.2, 0.25) is 0 Å². The van der Waals surface area contributed by atoms with Gasteiger partial charge in [-0.05, 0) is 25.0 Å². The van der Waals surface area contributed by atoms with Crippen LogP contribution >= 0.6 is 11.5 Å². The number of nitrogens with zero attached hydrogens (tertiary/aromatic N) is 1. The van der Waals surface area contributed by atoms with E-state index in [0.29, 0.717) is 0 Å². The highest BCUT2D eigenvalue weighted by Crippen LogP contribution is 1.98. The first-order valence-electron chi connectivity index (χ1n) is 6.43. The van der Waals surface area contributed by atoms with E-state index in [-0.39, 0.29) is 25.2 Å². The van der Waals surface area contributed by atoms with Gasteiger partial charge in [-0.1, -0.05) is 6.07 Å². The summed E-state index contributed by atoms with van der Waals surface area (Å²) in [6.45, 7) is 5.83. The molecule has 2 fully saturated rings. The first-order valence-corrected chi connectivity index (χ1v) is 6.87. The predicted molar refractivity (Wildman–Crippen MR) is 96.8 cm³/mol. The maximum absolute atomic E-state index is 5.01. The SMILES string of the molecule is C1CCOC1.C1COCCN1.[B].[B].[B].[B]Cl.c1ccncc1. The van der Waals surface area contributed by atoms with Gasteiger partial charge in [-0.25, -0.2) is 11.5 Å². The maximum atomic E-state index is 5.01. The summed E-state index contributed by atoms with van der Waals surface area (Å²) in [4.78, 5) is 3.78. The number of hydrogen-bond donors (Lipinski definition) is 1. The van der Waals surface area contributed by atoms with Crippen LogP contribution in [0, 0.1) is 0 Å². The van der Waals surface area contributed by atoms with Gasteiger partial charge in [-0.3, -0.25) is 4.98 Å². The fourth-order valence-electron chi connectivity index (χ4n) is 1.34. The normalized spacial score (nSPS) is 14.4. The lowest BCUT2D eigenvalue weighted by molar-refractivity contribution is 0.109. The second kappa shape index (κ2) is 28.7. The van der Waals surface area contributed by atoms with Crippen molar-refractivity contribution < 1.29 is 9.47 Å². The summed E-state index contributed by atoms with van der Waals surface area (Å²) < 4.78 is 9.95. The zero-order valence-corrected chi connectivity index (χ0v) is 13.8. The summed E-state index contributed by atoms with van der Waals surface area (Å²) in [5, 5.41) is 3.16. The molecule has 0 saturated carbocycles. The molecule has 2 aliphatic rings. The topological polar surface area (TPSA) is 43.4 Å². The number of pyridine rings is 1. The lowest BCUT2D eigenvalue weighted by atomic mass is 10.4. The van der Waals surface area contributed by atoms with E-state index in [1.807, 2.05) is 18.2 Å². The molecule has 0 spiro atoms. The molecule has 0 aliphatic carbocycles. The molecule has 22 heavy (non-hydrogen) atoms. The lowest BCUT2D eigenvalue weighted by Gasteiger charge is -2.10. The van der Waals surface area contributed by atoms with Crippen molar-refractivity contribution in [3.8, 4) is 0 Å². The van der Waals surface area contributed by atoms with Gasteiger partial charge in [0, 0.05) is 63.9 Å². The Morgan fingerprint density at radius 1 is 0.773 bits per heavy atom. The Balaban J connectivity index is -0.0000000985. The standard InChI is InChI=1S/C5H5N.C4H9NO.C4H8O.BCl.3B/c1-2-4-6-5-3-1;1-3-6-4-2-5-1;1-2-4-5-3-1;1-2;;;/h1-5H;5H,1-4H2;1-4H2;;;;. The van der Waals surface area contributed by atoms with Gasteiger partial charge in [0.2, 0.25) is 7.26 Å². The largest absolute Gasteiger partial charge is 0.381 e. The van der Waals surface area contributed by atoms with Gasteiger partial charge in [-0.15, -0.1) is 0 Å². The van der Waals surface area contributed by atoms with Crippen molar-refractivity contribution in [2.45, 2.75) is 12.8 Å². The van der Waals surface area contributed by atoms with Crippen molar-refractivity contribution in [2.24, 2.45) is 0 Å². The highest BCUT2D eigenvalue weighted by atomic mass is 35.5. The third-order valence-corrected chi connectivity index (χ3v) is 2.24. The first kappa shape index (κ1) is 29.6. The molecule has 11 radical (unpaired) electrons. The van der Waals surface area contributed by atoms with Crippen LogP contribution < -0.4 is 5.32 Å². The molecular formula is C13H22B4ClN2O2. The van der Waals surface area contributed by atoms with E-state index in [9.17, 15) is 0 Å². The molecule has 1 aromatic rings. The molecule has 0 unspecified atom stereocenters. The Hall–Kier alpha value is -0.420. The molecule has 9 heteroatoms. The number of rotatable bonds is 0. The summed E-state index contributed by atoms with van der Waals surface area (Å²) >= 11 is 4.14. The minimum atomic E-state index is 0. The Morgan fingerprint density at radius 2 is 1.23 bits per heavy atom. The Kier molecular flexibility index (Phi) is 38.6. The molecule has 0 aromatic carbocycles. The van der Waals surface area contributed by atoms with Crippen molar-refractivity contribution in [3.63, 3.8) is 0 Å². The summed E-state index contributed by atoms with van der Waals surface area (Å²) in [5.74, 6) is 0. The summed E-state index contributed by atoms with van der Waals surface area (Å²) in [5.41, 5.74) is 0. The lowest BCUT2D eigenvalue weighted by Crippen LogP contribution is -2.30. The van der Waals surface area contributed by atoms with Crippen molar-refractivity contribution >= 4 is 44.0 Å². The average molecular weight is 317 g/mol. The maximum Gasteiger partial charge on any atom is 0.214 e. The van der Waals surface area contributed by atoms with Crippen molar-refractivity contribution in [3.05, 3.63) is 30.6 Å². The second-order valence-electron chi connectivity index (χ2n) is 3.71. The molecule has 0 atom stereocenters. The highest BCUT2D eigenvalue weighted by molar-refractivity contribution is 6.80. The third kappa shape index (κ3) is 24.6. The molecule has 0 bridgehead atoms. The first-order chi connectivity index (χ1) is 9.50. The summed E-state index contributed by atoms with van der Waals surface area (Å²) in [7, 11) is 3.97. The van der Waals surface area contributed by atoms with Crippen molar-refractivity contribution in [2.75, 3.05) is 39.5 Å². The van der Waals surface area contributed by atoms with E-state index in [1.54, 1.807) is 12.4 Å². The molecule has 115 valence electrons. The highest BCUT2D eigenvalue weighted by Gasteiger charge is 1.94. The summed E-state index contributed by atoms with van der Waals surface area (Å²) in [6.07, 6.45) is 6.06. The van der Waals surface area contributed by atoms with E-state index >= 15 is 0 Å². The van der Waals surface area contributed by atoms with E-state index in [1.165, 1.54) is 12.8 Å². The van der Waals surface area contributed by atoms with Crippen LogP contribution in [0.5, 0.6) is 0 Å². The van der Waals surface area contributed by atoms with Gasteiger partial charge in [0.25, 0.3) is 0 Å². The number of halogens is 1. The van der Waals surface area contributed by atoms with Gasteiger partial charge in [-0.2, -0.15) is 0 Å². The van der Waals surface area contributed by atoms with Crippen LogP contribution in [-0.2, 0) is 9.47 Å². The van der Waals surface area contributed by atoms with E-state index in [4.69, 9.17) is 9.47 Å². The number of aromatic nitrogens is 1. The average Bonchev–Trinajstić information content (AvgIpc) is 3.13. The minimum Gasteiger partial charge on any atom is -0.381 e. The predicted octanol–water partition coefficient (Wildman–Crippen LogP) is 0.651. The molecule has 1 aromatic heterocycles. The van der Waals surface area contributed by atoms with Gasteiger partial charge >= 0.3 is 0 Å². The van der Waals surface area contributed by atoms with Crippen molar-refractivity contribution in [1.82, 2.24) is 10.3 Å². The number of nitrogens with one attached hydrogen (secondary N) is 1. The Morgan fingerprint density at radius 3 is 1.36 bits per heavy atom. The van der Waals surface area contributed by atoms with Crippen LogP contribution in [-0.4, -0.2) is 77.0 Å². The smallest absolute Gasteiger partial charge is 0.214 e. The molecule has 0 amide bonds. The number of ether oxygens (including phenoxy) is 2. The number of morpholine rings is 1. The van der Waals surface area contributed by atoms with Crippen LogP contribution in [0.1, 0.15) is 12.8 Å². The minimum absolute atomic E-state index is 0. The van der Waals surface area contributed by atoms with Crippen LogP contribution in [0.25, 0.3) is 0 Å². The fraction of sp³-hybridized carbons (Fsp3) is 0.615. The van der Waals surface area contributed by atoms with Crippen LogP contribution in [0.3, 0.4) is 0 Å².